The second-order valence-electron chi connectivity index (χ2n) is 7.76. The summed E-state index contributed by atoms with van der Waals surface area (Å²) >= 11 is 0. The Balaban J connectivity index is 1.54. The zero-order valence-electron chi connectivity index (χ0n) is 15.8. The van der Waals surface area contributed by atoms with Crippen molar-refractivity contribution < 1.29 is 38.1 Å². The molecule has 0 radical (unpaired) electrons. The number of non-ortho nitro benzene ring substituents is 1. The lowest BCUT2D eigenvalue weighted by Crippen LogP contribution is -2.58. The van der Waals surface area contributed by atoms with E-state index in [1.165, 1.54) is 24.3 Å². The first-order valence-electron chi connectivity index (χ1n) is 8.88. The Hall–Kier alpha value is -2.11. The van der Waals surface area contributed by atoms with Gasteiger partial charge in [-0.25, -0.2) is 4.79 Å². The van der Waals surface area contributed by atoms with Crippen molar-refractivity contribution in [3.8, 4) is 5.75 Å². The van der Waals surface area contributed by atoms with Gasteiger partial charge in [0.15, 0.2) is 24.0 Å². The summed E-state index contributed by atoms with van der Waals surface area (Å²) < 4.78 is 34.6. The van der Waals surface area contributed by atoms with Gasteiger partial charge in [-0.15, -0.1) is 0 Å². The van der Waals surface area contributed by atoms with Crippen molar-refractivity contribution in [3.05, 3.63) is 34.4 Å². The van der Waals surface area contributed by atoms with Gasteiger partial charge in [0.25, 0.3) is 5.69 Å². The number of nitro groups is 1. The largest absolute Gasteiger partial charge is 0.425 e. The van der Waals surface area contributed by atoms with Crippen molar-refractivity contribution >= 4 is 11.7 Å². The molecule has 0 N–H and O–H groups in total. The van der Waals surface area contributed by atoms with E-state index < -0.39 is 53.2 Å². The second kappa shape index (κ2) is 6.46. The maximum Gasteiger partial charge on any atom is 0.343 e. The lowest BCUT2D eigenvalue weighted by molar-refractivity contribution is -0.384. The molecule has 0 amide bonds. The van der Waals surface area contributed by atoms with Crippen molar-refractivity contribution in [2.45, 2.75) is 70.0 Å². The topological polar surface area (TPSA) is 116 Å². The van der Waals surface area contributed by atoms with Gasteiger partial charge in [-0.3, -0.25) is 10.1 Å². The first kappa shape index (κ1) is 19.2. The molecular weight excluding hydrogens is 374 g/mol. The molecule has 28 heavy (non-hydrogen) atoms. The van der Waals surface area contributed by atoms with Gasteiger partial charge < -0.3 is 28.4 Å². The molecule has 4 rings (SSSR count). The monoisotopic (exact) mass is 395 g/mol. The van der Waals surface area contributed by atoms with Crippen molar-refractivity contribution in [2.75, 3.05) is 0 Å². The van der Waals surface area contributed by atoms with Gasteiger partial charge in [-0.1, -0.05) is 0 Å². The first-order valence-corrected chi connectivity index (χ1v) is 8.88. The van der Waals surface area contributed by atoms with E-state index in [0.717, 1.165) is 0 Å². The second-order valence-corrected chi connectivity index (χ2v) is 7.76. The van der Waals surface area contributed by atoms with Gasteiger partial charge in [0.1, 0.15) is 24.1 Å². The molecule has 3 fully saturated rings. The number of ether oxygens (including phenoxy) is 6. The van der Waals surface area contributed by atoms with E-state index in [2.05, 4.69) is 0 Å². The number of nitrogens with zero attached hydrogens (tertiary/aromatic N) is 1. The SMILES string of the molecule is CC1(C)O[C@H]2[C@@H](O1)[C@@H](C(=O)Oc1ccc([N+](=O)[O-])cc1)O[C@H]1OC(C)(C)O[C@@H]12. The van der Waals surface area contributed by atoms with Crippen LogP contribution in [0.1, 0.15) is 27.7 Å². The number of benzene rings is 1. The summed E-state index contributed by atoms with van der Waals surface area (Å²) in [6, 6.07) is 5.18. The number of carbonyl (C=O) groups excluding carboxylic acids is 1. The molecule has 0 saturated carbocycles. The summed E-state index contributed by atoms with van der Waals surface area (Å²) in [5, 5.41) is 10.7. The molecule has 0 spiro atoms. The number of esters is 1. The summed E-state index contributed by atoms with van der Waals surface area (Å²) in [6.45, 7) is 6.96. The van der Waals surface area contributed by atoms with Crippen LogP contribution in [-0.2, 0) is 28.5 Å². The van der Waals surface area contributed by atoms with Crippen LogP contribution < -0.4 is 4.74 Å². The Morgan fingerprint density at radius 2 is 1.54 bits per heavy atom. The third-order valence-electron chi connectivity index (χ3n) is 4.65. The van der Waals surface area contributed by atoms with Crippen LogP contribution in [0.15, 0.2) is 24.3 Å². The third kappa shape index (κ3) is 3.49. The molecule has 0 unspecified atom stereocenters. The fourth-order valence-electron chi connectivity index (χ4n) is 3.61. The van der Waals surface area contributed by atoms with Crippen molar-refractivity contribution in [1.82, 2.24) is 0 Å². The molecular formula is C18H21NO9. The predicted molar refractivity (Wildman–Crippen MR) is 91.3 cm³/mol. The Bertz CT molecular complexity index is 791. The molecule has 0 bridgehead atoms. The highest BCUT2D eigenvalue weighted by atomic mass is 16.9. The Labute approximate surface area is 160 Å². The summed E-state index contributed by atoms with van der Waals surface area (Å²) in [5.41, 5.74) is -0.107. The normalized spacial score (nSPS) is 35.1. The van der Waals surface area contributed by atoms with Gasteiger partial charge in [0.05, 0.1) is 4.92 Å². The van der Waals surface area contributed by atoms with E-state index in [0.29, 0.717) is 0 Å². The lowest BCUT2D eigenvalue weighted by atomic mass is 9.99. The predicted octanol–water partition coefficient (Wildman–Crippen LogP) is 1.90. The van der Waals surface area contributed by atoms with Crippen LogP contribution in [0.4, 0.5) is 5.69 Å². The minimum Gasteiger partial charge on any atom is -0.425 e. The average molecular weight is 395 g/mol. The Morgan fingerprint density at radius 1 is 0.964 bits per heavy atom. The Kier molecular flexibility index (Phi) is 4.43. The van der Waals surface area contributed by atoms with Crippen LogP contribution in [0.5, 0.6) is 5.75 Å². The van der Waals surface area contributed by atoms with Gasteiger partial charge in [0.2, 0.25) is 0 Å². The Morgan fingerprint density at radius 3 is 2.18 bits per heavy atom. The zero-order chi connectivity index (χ0) is 20.3. The number of rotatable bonds is 3. The smallest absolute Gasteiger partial charge is 0.343 e. The fraction of sp³-hybridized carbons (Fsp3) is 0.611. The molecule has 1 aromatic rings. The number of nitro benzene ring substituents is 1. The van der Waals surface area contributed by atoms with Gasteiger partial charge in [0, 0.05) is 12.1 Å². The molecule has 5 atom stereocenters. The van der Waals surface area contributed by atoms with E-state index >= 15 is 0 Å². The quantitative estimate of drug-likeness (QED) is 0.327. The first-order chi connectivity index (χ1) is 13.0. The van der Waals surface area contributed by atoms with Gasteiger partial charge >= 0.3 is 5.97 Å². The molecule has 0 aromatic heterocycles. The molecule has 3 aliphatic rings. The third-order valence-corrected chi connectivity index (χ3v) is 4.65. The molecule has 10 nitrogen and oxygen atoms in total. The average Bonchev–Trinajstić information content (AvgIpc) is 3.08. The number of hydrogen-bond donors (Lipinski definition) is 0. The highest BCUT2D eigenvalue weighted by Crippen LogP contribution is 2.44. The van der Waals surface area contributed by atoms with E-state index in [4.69, 9.17) is 28.4 Å². The van der Waals surface area contributed by atoms with Crippen molar-refractivity contribution in [1.29, 1.82) is 0 Å². The standard InChI is InChI=1S/C18H21NO9/c1-17(2)25-11-12(26-17)14-16(28-18(3,4)27-14)24-13(11)15(20)23-10-7-5-9(6-8-10)19(21)22/h5-8,11-14,16H,1-4H3/t11-,12+,13+,14-,16+/m1/s1. The minimum absolute atomic E-state index is 0.107. The molecule has 10 heteroatoms. The molecule has 3 aliphatic heterocycles. The van der Waals surface area contributed by atoms with Crippen LogP contribution >= 0.6 is 0 Å². The van der Waals surface area contributed by atoms with E-state index in [1.54, 1.807) is 27.7 Å². The van der Waals surface area contributed by atoms with E-state index in [1.807, 2.05) is 0 Å². The van der Waals surface area contributed by atoms with Crippen molar-refractivity contribution in [2.24, 2.45) is 0 Å². The minimum atomic E-state index is -1.11. The zero-order valence-corrected chi connectivity index (χ0v) is 15.8. The van der Waals surface area contributed by atoms with Crippen LogP contribution in [0.25, 0.3) is 0 Å². The van der Waals surface area contributed by atoms with Crippen LogP contribution in [-0.4, -0.2) is 53.2 Å². The molecule has 152 valence electrons. The maximum atomic E-state index is 12.8. The molecule has 3 heterocycles. The van der Waals surface area contributed by atoms with E-state index in [9.17, 15) is 14.9 Å². The number of fused-ring (bicyclic) bond motifs is 3. The highest BCUT2D eigenvalue weighted by Gasteiger charge is 2.62. The van der Waals surface area contributed by atoms with Crippen LogP contribution in [0.2, 0.25) is 0 Å². The number of hydrogen-bond acceptors (Lipinski definition) is 9. The van der Waals surface area contributed by atoms with Crippen molar-refractivity contribution in [3.63, 3.8) is 0 Å². The summed E-state index contributed by atoms with van der Waals surface area (Å²) in [7, 11) is 0. The van der Waals surface area contributed by atoms with Gasteiger partial charge in [-0.2, -0.15) is 0 Å². The number of carbonyl (C=O) groups is 1. The van der Waals surface area contributed by atoms with Crippen LogP contribution in [0.3, 0.4) is 0 Å². The maximum absolute atomic E-state index is 12.8. The molecule has 1 aromatic carbocycles. The summed E-state index contributed by atoms with van der Waals surface area (Å²) in [6.07, 6.45) is -3.81. The molecule has 3 saturated heterocycles. The van der Waals surface area contributed by atoms with Gasteiger partial charge in [-0.05, 0) is 39.8 Å². The fourth-order valence-corrected chi connectivity index (χ4v) is 3.61. The summed E-state index contributed by atoms with van der Waals surface area (Å²) in [4.78, 5) is 23.0. The lowest BCUT2D eigenvalue weighted by Gasteiger charge is -2.35. The van der Waals surface area contributed by atoms with Crippen LogP contribution in [0, 0.1) is 10.1 Å². The molecule has 0 aliphatic carbocycles. The highest BCUT2D eigenvalue weighted by molar-refractivity contribution is 5.78. The van der Waals surface area contributed by atoms with E-state index in [-0.39, 0.29) is 11.4 Å². The summed E-state index contributed by atoms with van der Waals surface area (Å²) in [5.74, 6) is -2.39.